The molecule has 148 valence electrons. The molecule has 0 aliphatic heterocycles. The van der Waals surface area contributed by atoms with Crippen LogP contribution in [-0.2, 0) is 4.43 Å². The quantitative estimate of drug-likeness (QED) is 0.685. The first kappa shape index (κ1) is 21.8. The fourth-order valence-electron chi connectivity index (χ4n) is 3.79. The molecule has 3 atom stereocenters. The SMILES string of the molecule is C[C@H](CO[Si](c1ccccc1)(c1ccccc1)C(C)(C)C)[C@@H](O)[C@@H](C)CO. The van der Waals surface area contributed by atoms with Crippen molar-refractivity contribution in [3.63, 3.8) is 0 Å². The molecule has 27 heavy (non-hydrogen) atoms. The predicted molar refractivity (Wildman–Crippen MR) is 115 cm³/mol. The molecule has 2 aromatic carbocycles. The zero-order valence-electron chi connectivity index (χ0n) is 17.2. The summed E-state index contributed by atoms with van der Waals surface area (Å²) in [4.78, 5) is 0. The van der Waals surface area contributed by atoms with Crippen molar-refractivity contribution < 1.29 is 14.6 Å². The lowest BCUT2D eigenvalue weighted by Crippen LogP contribution is -2.67. The summed E-state index contributed by atoms with van der Waals surface area (Å²) >= 11 is 0. The molecule has 0 aliphatic rings. The van der Waals surface area contributed by atoms with Crippen LogP contribution in [0.5, 0.6) is 0 Å². The Hall–Kier alpha value is -1.46. The van der Waals surface area contributed by atoms with E-state index in [1.165, 1.54) is 10.4 Å². The van der Waals surface area contributed by atoms with Crippen LogP contribution < -0.4 is 10.4 Å². The number of aliphatic hydroxyl groups is 2. The second-order valence-corrected chi connectivity index (χ2v) is 12.9. The van der Waals surface area contributed by atoms with Gasteiger partial charge >= 0.3 is 0 Å². The first-order valence-corrected chi connectivity index (χ1v) is 11.7. The molecule has 0 aromatic heterocycles. The molecule has 2 rings (SSSR count). The van der Waals surface area contributed by atoms with E-state index in [0.717, 1.165) is 0 Å². The second-order valence-electron chi connectivity index (χ2n) is 8.60. The molecule has 0 fully saturated rings. The van der Waals surface area contributed by atoms with Crippen LogP contribution in [0.15, 0.2) is 60.7 Å². The fourth-order valence-corrected chi connectivity index (χ4v) is 8.45. The Morgan fingerprint density at radius 2 is 1.30 bits per heavy atom. The number of benzene rings is 2. The number of aliphatic hydroxyl groups excluding tert-OH is 2. The summed E-state index contributed by atoms with van der Waals surface area (Å²) in [5.74, 6) is -0.225. The Balaban J connectivity index is 2.47. The summed E-state index contributed by atoms with van der Waals surface area (Å²) in [6, 6.07) is 21.0. The highest BCUT2D eigenvalue weighted by Crippen LogP contribution is 2.37. The molecule has 0 saturated heterocycles. The highest BCUT2D eigenvalue weighted by Gasteiger charge is 2.50. The first-order chi connectivity index (χ1) is 12.7. The van der Waals surface area contributed by atoms with Crippen molar-refractivity contribution >= 4 is 18.7 Å². The van der Waals surface area contributed by atoms with Gasteiger partial charge in [-0.3, -0.25) is 0 Å². The molecule has 2 aromatic rings. The molecule has 0 aliphatic carbocycles. The zero-order valence-corrected chi connectivity index (χ0v) is 18.2. The molecule has 0 saturated carbocycles. The zero-order chi connectivity index (χ0) is 20.1. The van der Waals surface area contributed by atoms with Crippen molar-refractivity contribution in [3.8, 4) is 0 Å². The fraction of sp³-hybridized carbons (Fsp3) is 0.478. The maximum Gasteiger partial charge on any atom is 0.261 e. The van der Waals surface area contributed by atoms with Crippen LogP contribution in [0.3, 0.4) is 0 Å². The lowest BCUT2D eigenvalue weighted by atomic mass is 9.95. The van der Waals surface area contributed by atoms with Gasteiger partial charge in [0.25, 0.3) is 8.32 Å². The maximum absolute atomic E-state index is 10.5. The van der Waals surface area contributed by atoms with Crippen molar-refractivity contribution in [2.75, 3.05) is 13.2 Å². The van der Waals surface area contributed by atoms with E-state index in [4.69, 9.17) is 4.43 Å². The third-order valence-electron chi connectivity index (χ3n) is 5.43. The first-order valence-electron chi connectivity index (χ1n) is 9.78. The maximum atomic E-state index is 10.5. The number of rotatable bonds is 8. The Morgan fingerprint density at radius 3 is 1.67 bits per heavy atom. The van der Waals surface area contributed by atoms with Crippen LogP contribution in [-0.4, -0.2) is 37.8 Å². The van der Waals surface area contributed by atoms with E-state index in [0.29, 0.717) is 6.61 Å². The molecule has 4 heteroatoms. The van der Waals surface area contributed by atoms with Gasteiger partial charge in [0.05, 0.1) is 6.10 Å². The van der Waals surface area contributed by atoms with E-state index in [-0.39, 0.29) is 23.5 Å². The molecular formula is C23H34O3Si. The topological polar surface area (TPSA) is 49.7 Å². The Morgan fingerprint density at radius 1 is 0.852 bits per heavy atom. The average Bonchev–Trinajstić information content (AvgIpc) is 2.67. The highest BCUT2D eigenvalue weighted by atomic mass is 28.4. The van der Waals surface area contributed by atoms with Crippen LogP contribution in [0.2, 0.25) is 5.04 Å². The number of hydrogen-bond donors (Lipinski definition) is 2. The van der Waals surface area contributed by atoms with Gasteiger partial charge in [-0.25, -0.2) is 0 Å². The van der Waals surface area contributed by atoms with E-state index in [2.05, 4.69) is 69.3 Å². The Labute approximate surface area is 165 Å². The van der Waals surface area contributed by atoms with Crippen molar-refractivity contribution in [3.05, 3.63) is 60.7 Å². The van der Waals surface area contributed by atoms with Crippen LogP contribution in [0, 0.1) is 11.8 Å². The minimum Gasteiger partial charge on any atom is -0.407 e. The molecule has 0 unspecified atom stereocenters. The third-order valence-corrected chi connectivity index (χ3v) is 10.4. The summed E-state index contributed by atoms with van der Waals surface area (Å²) < 4.78 is 6.84. The predicted octanol–water partition coefficient (Wildman–Crippen LogP) is 3.19. The lowest BCUT2D eigenvalue weighted by molar-refractivity contribution is 0.0184. The van der Waals surface area contributed by atoms with Gasteiger partial charge in [-0.2, -0.15) is 0 Å². The van der Waals surface area contributed by atoms with Gasteiger partial charge in [0.15, 0.2) is 0 Å². The van der Waals surface area contributed by atoms with Gasteiger partial charge in [-0.15, -0.1) is 0 Å². The van der Waals surface area contributed by atoms with Gasteiger partial charge in [0.1, 0.15) is 0 Å². The van der Waals surface area contributed by atoms with Gasteiger partial charge < -0.3 is 14.6 Å². The summed E-state index contributed by atoms with van der Waals surface area (Å²) in [5, 5.41) is 22.3. The van der Waals surface area contributed by atoms with Crippen molar-refractivity contribution in [2.24, 2.45) is 11.8 Å². The molecule has 3 nitrogen and oxygen atoms in total. The standard InChI is InChI=1S/C23H34O3Si/c1-18(16-24)22(25)19(2)17-26-27(23(3,4)5,20-12-8-6-9-13-20)21-14-10-7-11-15-21/h6-15,18-19,22,24-25H,16-17H2,1-5H3/t18-,19+,22-/m0/s1. The molecule has 0 amide bonds. The Kier molecular flexibility index (Phi) is 7.40. The highest BCUT2D eigenvalue weighted by molar-refractivity contribution is 6.99. The monoisotopic (exact) mass is 386 g/mol. The summed E-state index contributed by atoms with van der Waals surface area (Å²) in [6.07, 6.45) is -0.590. The second kappa shape index (κ2) is 9.15. The van der Waals surface area contributed by atoms with Gasteiger partial charge in [-0.05, 0) is 15.4 Å². The molecular weight excluding hydrogens is 352 g/mol. The molecule has 0 radical (unpaired) electrons. The van der Waals surface area contributed by atoms with Crippen LogP contribution >= 0.6 is 0 Å². The van der Waals surface area contributed by atoms with Crippen molar-refractivity contribution in [1.29, 1.82) is 0 Å². The minimum atomic E-state index is -2.58. The van der Waals surface area contributed by atoms with Gasteiger partial charge in [-0.1, -0.05) is 95.3 Å². The van der Waals surface area contributed by atoms with Crippen molar-refractivity contribution in [1.82, 2.24) is 0 Å². The van der Waals surface area contributed by atoms with E-state index in [9.17, 15) is 10.2 Å². The summed E-state index contributed by atoms with van der Waals surface area (Å²) in [6.45, 7) is 11.0. The number of hydrogen-bond acceptors (Lipinski definition) is 3. The van der Waals surface area contributed by atoms with Crippen LogP contribution in [0.1, 0.15) is 34.6 Å². The van der Waals surface area contributed by atoms with E-state index >= 15 is 0 Å². The summed E-state index contributed by atoms with van der Waals surface area (Å²) in [7, 11) is -2.58. The Bertz CT molecular complexity index is 642. The lowest BCUT2D eigenvalue weighted by Gasteiger charge is -2.44. The smallest absolute Gasteiger partial charge is 0.261 e. The molecule has 0 bridgehead atoms. The van der Waals surface area contributed by atoms with Crippen molar-refractivity contribution in [2.45, 2.75) is 45.8 Å². The average molecular weight is 387 g/mol. The van der Waals surface area contributed by atoms with E-state index in [1.54, 1.807) is 0 Å². The molecule has 0 heterocycles. The van der Waals surface area contributed by atoms with E-state index < -0.39 is 14.4 Å². The normalized spacial score (nSPS) is 16.0. The van der Waals surface area contributed by atoms with E-state index in [1.807, 2.05) is 26.0 Å². The molecule has 2 N–H and O–H groups in total. The van der Waals surface area contributed by atoms with Crippen LogP contribution in [0.4, 0.5) is 0 Å². The molecule has 0 spiro atoms. The van der Waals surface area contributed by atoms with Gasteiger partial charge in [0, 0.05) is 25.0 Å². The minimum absolute atomic E-state index is 0.0231. The van der Waals surface area contributed by atoms with Gasteiger partial charge in [0.2, 0.25) is 0 Å². The van der Waals surface area contributed by atoms with Crippen LogP contribution in [0.25, 0.3) is 0 Å². The third kappa shape index (κ3) is 4.69. The summed E-state index contributed by atoms with van der Waals surface area (Å²) in [5.41, 5.74) is 0. The largest absolute Gasteiger partial charge is 0.407 e.